The van der Waals surface area contributed by atoms with Crippen LogP contribution in [0.4, 0.5) is 0 Å². The van der Waals surface area contributed by atoms with Crippen molar-refractivity contribution in [1.29, 1.82) is 0 Å². The Bertz CT molecular complexity index is 642. The molecule has 1 aromatic heterocycles. The molecule has 19 heavy (non-hydrogen) atoms. The third kappa shape index (κ3) is 4.13. The van der Waals surface area contributed by atoms with Gasteiger partial charge in [-0.25, -0.2) is 13.6 Å². The number of aromatic nitrogens is 1. The van der Waals surface area contributed by atoms with Crippen molar-refractivity contribution in [2.75, 3.05) is 0 Å². The van der Waals surface area contributed by atoms with Gasteiger partial charge in [0.1, 0.15) is 0 Å². The first-order chi connectivity index (χ1) is 9.05. The van der Waals surface area contributed by atoms with Crippen LogP contribution in [0.15, 0.2) is 53.7 Å². The van der Waals surface area contributed by atoms with Gasteiger partial charge in [0.15, 0.2) is 0 Å². The number of sulfonamides is 1. The molecule has 0 aliphatic rings. The largest absolute Gasteiger partial charge is 0.309 e. The lowest BCUT2D eigenvalue weighted by Gasteiger charge is -2.06. The Hall–Kier alpha value is -1.76. The topological polar surface area (TPSA) is 85.1 Å². The van der Waals surface area contributed by atoms with E-state index in [4.69, 9.17) is 5.14 Å². The van der Waals surface area contributed by atoms with Gasteiger partial charge in [0.2, 0.25) is 10.0 Å². The van der Waals surface area contributed by atoms with Crippen LogP contribution in [0.2, 0.25) is 0 Å². The van der Waals surface area contributed by atoms with Crippen LogP contribution in [0.25, 0.3) is 0 Å². The van der Waals surface area contributed by atoms with Gasteiger partial charge in [-0.15, -0.1) is 0 Å². The van der Waals surface area contributed by atoms with E-state index >= 15 is 0 Å². The number of pyridine rings is 1. The molecule has 0 unspecified atom stereocenters. The highest BCUT2D eigenvalue weighted by Crippen LogP contribution is 2.09. The molecule has 0 aliphatic heterocycles. The summed E-state index contributed by atoms with van der Waals surface area (Å²) >= 11 is 0. The van der Waals surface area contributed by atoms with Crippen molar-refractivity contribution in [2.24, 2.45) is 5.14 Å². The fourth-order valence-electron chi connectivity index (χ4n) is 1.68. The Kier molecular flexibility index (Phi) is 4.26. The van der Waals surface area contributed by atoms with Crippen molar-refractivity contribution in [1.82, 2.24) is 10.3 Å². The molecule has 0 aliphatic carbocycles. The van der Waals surface area contributed by atoms with Gasteiger partial charge in [-0.3, -0.25) is 4.98 Å². The third-order valence-electron chi connectivity index (χ3n) is 2.63. The highest BCUT2D eigenvalue weighted by Gasteiger charge is 2.07. The van der Waals surface area contributed by atoms with E-state index in [1.54, 1.807) is 24.5 Å². The van der Waals surface area contributed by atoms with Gasteiger partial charge in [0, 0.05) is 25.5 Å². The zero-order valence-electron chi connectivity index (χ0n) is 10.3. The molecule has 6 heteroatoms. The number of hydrogen-bond acceptors (Lipinski definition) is 4. The maximum atomic E-state index is 11.2. The first-order valence-corrected chi connectivity index (χ1v) is 7.32. The first kappa shape index (κ1) is 13.7. The molecule has 0 amide bonds. The summed E-state index contributed by atoms with van der Waals surface area (Å²) in [6.07, 6.45) is 3.47. The van der Waals surface area contributed by atoms with E-state index in [0.29, 0.717) is 13.1 Å². The lowest BCUT2D eigenvalue weighted by Crippen LogP contribution is -2.15. The van der Waals surface area contributed by atoms with Crippen LogP contribution < -0.4 is 10.5 Å². The molecule has 2 aromatic rings. The highest BCUT2D eigenvalue weighted by atomic mass is 32.2. The second-order valence-corrected chi connectivity index (χ2v) is 5.71. The quantitative estimate of drug-likeness (QED) is 0.854. The van der Waals surface area contributed by atoms with Gasteiger partial charge in [-0.2, -0.15) is 0 Å². The average Bonchev–Trinajstić information content (AvgIpc) is 2.39. The molecule has 2 rings (SSSR count). The molecule has 0 atom stereocenters. The molecule has 100 valence electrons. The smallest absolute Gasteiger partial charge is 0.238 e. The average molecular weight is 277 g/mol. The van der Waals surface area contributed by atoms with E-state index in [2.05, 4.69) is 10.3 Å². The number of nitrogens with one attached hydrogen (secondary N) is 1. The van der Waals surface area contributed by atoms with Crippen molar-refractivity contribution in [2.45, 2.75) is 18.0 Å². The summed E-state index contributed by atoms with van der Waals surface area (Å²) in [6.45, 7) is 1.27. The Morgan fingerprint density at radius 3 is 2.42 bits per heavy atom. The Morgan fingerprint density at radius 1 is 1.05 bits per heavy atom. The summed E-state index contributed by atoms with van der Waals surface area (Å²) in [4.78, 5) is 4.08. The predicted octanol–water partition coefficient (Wildman–Crippen LogP) is 1.02. The lowest BCUT2D eigenvalue weighted by molar-refractivity contribution is 0.597. The summed E-state index contributed by atoms with van der Waals surface area (Å²) in [5.74, 6) is 0. The van der Waals surface area contributed by atoms with Gasteiger partial charge in [-0.05, 0) is 35.4 Å². The molecule has 0 saturated carbocycles. The summed E-state index contributed by atoms with van der Waals surface area (Å²) < 4.78 is 22.5. The van der Waals surface area contributed by atoms with Gasteiger partial charge >= 0.3 is 0 Å². The highest BCUT2D eigenvalue weighted by molar-refractivity contribution is 7.89. The van der Waals surface area contributed by atoms with Crippen molar-refractivity contribution >= 4 is 10.0 Å². The summed E-state index contributed by atoms with van der Waals surface area (Å²) in [7, 11) is -3.64. The number of nitrogens with zero attached hydrogens (tertiary/aromatic N) is 1. The van der Waals surface area contributed by atoms with E-state index in [-0.39, 0.29) is 4.90 Å². The second kappa shape index (κ2) is 5.92. The Morgan fingerprint density at radius 2 is 1.74 bits per heavy atom. The molecule has 0 fully saturated rings. The minimum absolute atomic E-state index is 0.135. The molecule has 0 saturated heterocycles. The van der Waals surface area contributed by atoms with Gasteiger partial charge in [-0.1, -0.05) is 12.1 Å². The van der Waals surface area contributed by atoms with Crippen LogP contribution >= 0.6 is 0 Å². The van der Waals surface area contributed by atoms with Crippen molar-refractivity contribution in [3.8, 4) is 0 Å². The zero-order chi connectivity index (χ0) is 13.7. The monoisotopic (exact) mass is 277 g/mol. The predicted molar refractivity (Wildman–Crippen MR) is 72.6 cm³/mol. The number of primary sulfonamides is 1. The molecular formula is C13H15N3O2S. The number of hydrogen-bond donors (Lipinski definition) is 2. The minimum Gasteiger partial charge on any atom is -0.309 e. The van der Waals surface area contributed by atoms with Crippen LogP contribution in [0.5, 0.6) is 0 Å². The summed E-state index contributed by atoms with van der Waals surface area (Å²) in [5.41, 5.74) is 2.00. The molecule has 1 heterocycles. The van der Waals surface area contributed by atoms with Crippen molar-refractivity contribution < 1.29 is 8.42 Å². The summed E-state index contributed by atoms with van der Waals surface area (Å²) in [5, 5.41) is 8.32. The minimum atomic E-state index is -3.64. The number of benzene rings is 1. The third-order valence-corrected chi connectivity index (χ3v) is 3.55. The molecule has 0 radical (unpaired) electrons. The fraction of sp³-hybridized carbons (Fsp3) is 0.154. The van der Waals surface area contributed by atoms with E-state index in [0.717, 1.165) is 11.1 Å². The van der Waals surface area contributed by atoms with Gasteiger partial charge in [0.25, 0.3) is 0 Å². The molecule has 5 nitrogen and oxygen atoms in total. The van der Waals surface area contributed by atoms with E-state index in [9.17, 15) is 8.42 Å². The van der Waals surface area contributed by atoms with Gasteiger partial charge in [0.05, 0.1) is 4.90 Å². The van der Waals surface area contributed by atoms with E-state index < -0.39 is 10.0 Å². The summed E-state index contributed by atoms with van der Waals surface area (Å²) in [6, 6.07) is 10.5. The molecule has 1 aromatic carbocycles. The molecule has 0 bridgehead atoms. The van der Waals surface area contributed by atoms with Crippen LogP contribution in [0.1, 0.15) is 11.1 Å². The first-order valence-electron chi connectivity index (χ1n) is 5.77. The van der Waals surface area contributed by atoms with Crippen LogP contribution in [-0.4, -0.2) is 13.4 Å². The SMILES string of the molecule is NS(=O)(=O)c1cccc(CNCc2ccncc2)c1. The van der Waals surface area contributed by atoms with Crippen LogP contribution in [-0.2, 0) is 23.1 Å². The van der Waals surface area contributed by atoms with Gasteiger partial charge < -0.3 is 5.32 Å². The van der Waals surface area contributed by atoms with Crippen LogP contribution in [0.3, 0.4) is 0 Å². The number of rotatable bonds is 5. The molecular weight excluding hydrogens is 262 g/mol. The second-order valence-electron chi connectivity index (χ2n) is 4.15. The van der Waals surface area contributed by atoms with Crippen molar-refractivity contribution in [3.63, 3.8) is 0 Å². The number of nitrogens with two attached hydrogens (primary N) is 1. The fourth-order valence-corrected chi connectivity index (χ4v) is 2.27. The molecule has 3 N–H and O–H groups in total. The van der Waals surface area contributed by atoms with E-state index in [1.807, 2.05) is 18.2 Å². The lowest BCUT2D eigenvalue weighted by atomic mass is 10.2. The zero-order valence-corrected chi connectivity index (χ0v) is 11.1. The normalized spacial score (nSPS) is 11.4. The Labute approximate surface area is 112 Å². The Balaban J connectivity index is 1.97. The van der Waals surface area contributed by atoms with Crippen LogP contribution in [0, 0.1) is 0 Å². The van der Waals surface area contributed by atoms with E-state index in [1.165, 1.54) is 6.07 Å². The molecule has 0 spiro atoms. The van der Waals surface area contributed by atoms with Crippen molar-refractivity contribution in [3.05, 3.63) is 59.9 Å². The maximum absolute atomic E-state index is 11.2. The maximum Gasteiger partial charge on any atom is 0.238 e. The standard InChI is InChI=1S/C13H15N3O2S/c14-19(17,18)13-3-1-2-12(8-13)10-16-9-11-4-6-15-7-5-11/h1-8,16H,9-10H2,(H2,14,17,18).